The van der Waals surface area contributed by atoms with Gasteiger partial charge in [0.2, 0.25) is 0 Å². The summed E-state index contributed by atoms with van der Waals surface area (Å²) in [6.45, 7) is 8.47. The van der Waals surface area contributed by atoms with Crippen molar-refractivity contribution in [1.82, 2.24) is 0 Å². The Hall–Kier alpha value is -0.0800. The van der Waals surface area contributed by atoms with E-state index in [-0.39, 0.29) is 11.7 Å². The number of ether oxygens (including phenoxy) is 1. The van der Waals surface area contributed by atoms with Crippen LogP contribution in [-0.2, 0) is 4.74 Å². The fourth-order valence-electron chi connectivity index (χ4n) is 3.61. The predicted molar refractivity (Wildman–Crippen MR) is 60.7 cm³/mol. The molecule has 0 aromatic heterocycles. The van der Waals surface area contributed by atoms with E-state index in [1.807, 2.05) is 6.92 Å². The van der Waals surface area contributed by atoms with Crippen LogP contribution in [0.25, 0.3) is 0 Å². The zero-order valence-electron chi connectivity index (χ0n) is 10.4. The van der Waals surface area contributed by atoms with Gasteiger partial charge < -0.3 is 9.84 Å². The Morgan fingerprint density at radius 2 is 1.87 bits per heavy atom. The van der Waals surface area contributed by atoms with Gasteiger partial charge in [-0.3, -0.25) is 0 Å². The zero-order chi connectivity index (χ0) is 11.3. The molecule has 0 bridgehead atoms. The number of fused-ring (bicyclic) bond motifs is 1. The Bertz CT molecular complexity index is 245. The monoisotopic (exact) mass is 212 g/mol. The number of aliphatic hydroxyl groups is 1. The zero-order valence-corrected chi connectivity index (χ0v) is 10.4. The van der Waals surface area contributed by atoms with Crippen molar-refractivity contribution in [2.75, 3.05) is 0 Å². The lowest BCUT2D eigenvalue weighted by Gasteiger charge is -2.52. The van der Waals surface area contributed by atoms with E-state index in [1.54, 1.807) is 0 Å². The highest BCUT2D eigenvalue weighted by atomic mass is 16.5. The first kappa shape index (κ1) is 11.4. The van der Waals surface area contributed by atoms with E-state index in [2.05, 4.69) is 20.8 Å². The second-order valence-corrected chi connectivity index (χ2v) is 6.47. The molecule has 1 saturated heterocycles. The molecular formula is C13H24O2. The van der Waals surface area contributed by atoms with Crippen molar-refractivity contribution in [3.05, 3.63) is 0 Å². The Labute approximate surface area is 93.0 Å². The Morgan fingerprint density at radius 1 is 1.20 bits per heavy atom. The van der Waals surface area contributed by atoms with E-state index in [0.717, 1.165) is 25.2 Å². The van der Waals surface area contributed by atoms with Crippen molar-refractivity contribution < 1.29 is 9.84 Å². The third-order valence-corrected chi connectivity index (χ3v) is 4.11. The quantitative estimate of drug-likeness (QED) is 0.669. The van der Waals surface area contributed by atoms with Crippen LogP contribution in [0.4, 0.5) is 0 Å². The molecule has 2 fully saturated rings. The molecule has 1 aliphatic carbocycles. The van der Waals surface area contributed by atoms with E-state index in [0.29, 0.717) is 5.92 Å². The van der Waals surface area contributed by atoms with Crippen LogP contribution in [0.3, 0.4) is 0 Å². The SMILES string of the molecule is C[C@@H]1CC[C@@H]2[C@@H](C1)OC(C)(C)C[C@]2(C)O. The Morgan fingerprint density at radius 3 is 2.53 bits per heavy atom. The molecule has 0 aromatic rings. The summed E-state index contributed by atoms with van der Waals surface area (Å²) in [7, 11) is 0. The molecule has 0 unspecified atom stereocenters. The maximum Gasteiger partial charge on any atom is 0.0699 e. The van der Waals surface area contributed by atoms with Crippen LogP contribution in [0.1, 0.15) is 53.4 Å². The Kier molecular flexibility index (Phi) is 2.63. The maximum atomic E-state index is 10.5. The van der Waals surface area contributed by atoms with Crippen molar-refractivity contribution in [1.29, 1.82) is 0 Å². The minimum atomic E-state index is -0.535. The van der Waals surface area contributed by atoms with E-state index in [9.17, 15) is 5.11 Å². The molecule has 1 heterocycles. The number of rotatable bonds is 0. The standard InChI is InChI=1S/C13H24O2/c1-9-5-6-10-11(7-9)15-12(2,3)8-13(10,4)14/h9-11,14H,5-8H2,1-4H3/t9-,10-,11-,13+/m1/s1. The highest BCUT2D eigenvalue weighted by Gasteiger charge is 2.49. The lowest BCUT2D eigenvalue weighted by atomic mass is 9.67. The summed E-state index contributed by atoms with van der Waals surface area (Å²) in [5, 5.41) is 10.5. The molecule has 2 rings (SSSR count). The average Bonchev–Trinajstić information content (AvgIpc) is 1.97. The van der Waals surface area contributed by atoms with E-state index >= 15 is 0 Å². The van der Waals surface area contributed by atoms with Crippen LogP contribution in [0, 0.1) is 11.8 Å². The Balaban J connectivity index is 2.18. The van der Waals surface area contributed by atoms with Crippen LogP contribution < -0.4 is 0 Å². The summed E-state index contributed by atoms with van der Waals surface area (Å²) >= 11 is 0. The molecule has 4 atom stereocenters. The van der Waals surface area contributed by atoms with Crippen LogP contribution in [-0.4, -0.2) is 22.4 Å². The van der Waals surface area contributed by atoms with Gasteiger partial charge in [0.15, 0.2) is 0 Å². The molecular weight excluding hydrogens is 188 g/mol. The van der Waals surface area contributed by atoms with Crippen LogP contribution >= 0.6 is 0 Å². The van der Waals surface area contributed by atoms with Gasteiger partial charge in [-0.2, -0.15) is 0 Å². The summed E-state index contributed by atoms with van der Waals surface area (Å²) < 4.78 is 6.12. The third-order valence-electron chi connectivity index (χ3n) is 4.11. The lowest BCUT2D eigenvalue weighted by molar-refractivity contribution is -0.227. The van der Waals surface area contributed by atoms with Crippen LogP contribution in [0.2, 0.25) is 0 Å². The molecule has 1 saturated carbocycles. The highest BCUT2D eigenvalue weighted by molar-refractivity contribution is 4.99. The highest BCUT2D eigenvalue weighted by Crippen LogP contribution is 2.46. The first-order chi connectivity index (χ1) is 6.80. The largest absolute Gasteiger partial charge is 0.390 e. The molecule has 1 N–H and O–H groups in total. The number of hydrogen-bond donors (Lipinski definition) is 1. The summed E-state index contributed by atoms with van der Waals surface area (Å²) in [6.07, 6.45) is 4.50. The molecule has 0 amide bonds. The molecule has 2 aliphatic rings. The van der Waals surface area contributed by atoms with Gasteiger partial charge in [0.1, 0.15) is 0 Å². The normalized spacial score (nSPS) is 49.8. The molecule has 0 aromatic carbocycles. The second-order valence-electron chi connectivity index (χ2n) is 6.47. The van der Waals surface area contributed by atoms with Gasteiger partial charge in [-0.05, 0) is 39.5 Å². The van der Waals surface area contributed by atoms with Crippen molar-refractivity contribution in [3.8, 4) is 0 Å². The molecule has 0 spiro atoms. The summed E-state index contributed by atoms with van der Waals surface area (Å²) in [5.74, 6) is 1.10. The maximum absolute atomic E-state index is 10.5. The topological polar surface area (TPSA) is 29.5 Å². The van der Waals surface area contributed by atoms with Crippen molar-refractivity contribution >= 4 is 0 Å². The minimum Gasteiger partial charge on any atom is -0.390 e. The van der Waals surface area contributed by atoms with Gasteiger partial charge in [0.25, 0.3) is 0 Å². The molecule has 15 heavy (non-hydrogen) atoms. The van der Waals surface area contributed by atoms with Gasteiger partial charge in [-0.25, -0.2) is 0 Å². The van der Waals surface area contributed by atoms with Gasteiger partial charge in [-0.1, -0.05) is 13.3 Å². The minimum absolute atomic E-state index is 0.165. The molecule has 1 aliphatic heterocycles. The first-order valence-corrected chi connectivity index (χ1v) is 6.20. The smallest absolute Gasteiger partial charge is 0.0699 e. The second kappa shape index (κ2) is 3.46. The van der Waals surface area contributed by atoms with Crippen LogP contribution in [0.5, 0.6) is 0 Å². The van der Waals surface area contributed by atoms with Crippen molar-refractivity contribution in [2.24, 2.45) is 11.8 Å². The van der Waals surface area contributed by atoms with Gasteiger partial charge >= 0.3 is 0 Å². The first-order valence-electron chi connectivity index (χ1n) is 6.20. The van der Waals surface area contributed by atoms with Gasteiger partial charge in [0, 0.05) is 12.3 Å². The fourth-order valence-corrected chi connectivity index (χ4v) is 3.61. The average molecular weight is 212 g/mol. The lowest BCUT2D eigenvalue weighted by Crippen LogP contribution is -2.56. The van der Waals surface area contributed by atoms with E-state index in [4.69, 9.17) is 4.74 Å². The van der Waals surface area contributed by atoms with Crippen molar-refractivity contribution in [2.45, 2.75) is 70.7 Å². The van der Waals surface area contributed by atoms with E-state index < -0.39 is 5.60 Å². The van der Waals surface area contributed by atoms with E-state index in [1.165, 1.54) is 6.42 Å². The molecule has 2 heteroatoms. The molecule has 88 valence electrons. The van der Waals surface area contributed by atoms with Crippen molar-refractivity contribution in [3.63, 3.8) is 0 Å². The summed E-state index contributed by atoms with van der Waals surface area (Å²) in [4.78, 5) is 0. The van der Waals surface area contributed by atoms with Gasteiger partial charge in [0.05, 0.1) is 17.3 Å². The number of hydrogen-bond acceptors (Lipinski definition) is 2. The summed E-state index contributed by atoms with van der Waals surface area (Å²) in [5.41, 5.74) is -0.700. The van der Waals surface area contributed by atoms with Crippen LogP contribution in [0.15, 0.2) is 0 Å². The molecule has 2 nitrogen and oxygen atoms in total. The third kappa shape index (κ3) is 2.21. The summed E-state index contributed by atoms with van der Waals surface area (Å²) in [6, 6.07) is 0. The predicted octanol–water partition coefficient (Wildman–Crippen LogP) is 2.74. The molecule has 0 radical (unpaired) electrons. The fraction of sp³-hybridized carbons (Fsp3) is 1.00. The van der Waals surface area contributed by atoms with Gasteiger partial charge in [-0.15, -0.1) is 0 Å².